The molecule has 0 bridgehead atoms. The van der Waals surface area contributed by atoms with Crippen LogP contribution in [0.3, 0.4) is 0 Å². The third-order valence-corrected chi connectivity index (χ3v) is 2.67. The number of benzene rings is 1. The van der Waals surface area contributed by atoms with E-state index in [1.165, 1.54) is 11.1 Å². The summed E-state index contributed by atoms with van der Waals surface area (Å²) >= 11 is 0. The van der Waals surface area contributed by atoms with E-state index in [-0.39, 0.29) is 5.41 Å². The summed E-state index contributed by atoms with van der Waals surface area (Å²) in [6.45, 7) is 5.83. The highest BCUT2D eigenvalue weighted by Gasteiger charge is 2.19. The average molecular weight is 207 g/mol. The lowest BCUT2D eigenvalue weighted by Gasteiger charge is -2.24. The molecule has 0 saturated heterocycles. The van der Waals surface area contributed by atoms with Crippen LogP contribution in [0.15, 0.2) is 24.3 Å². The zero-order chi connectivity index (χ0) is 11.3. The van der Waals surface area contributed by atoms with Gasteiger partial charge in [-0.3, -0.25) is 0 Å². The fraction of sp³-hybridized carbons (Fsp3) is 0.538. The summed E-state index contributed by atoms with van der Waals surface area (Å²) in [4.78, 5) is 0. The van der Waals surface area contributed by atoms with Crippen molar-refractivity contribution >= 4 is 0 Å². The molecular formula is C13H21NO. The molecule has 1 aromatic carbocycles. The van der Waals surface area contributed by atoms with Crippen LogP contribution >= 0.6 is 0 Å². The minimum absolute atomic E-state index is 0.0794. The lowest BCUT2D eigenvalue weighted by atomic mass is 9.85. The summed E-state index contributed by atoms with van der Waals surface area (Å²) in [5.74, 6) is 0. The molecule has 0 atom stereocenters. The normalized spacial score (nSPS) is 11.7. The second kappa shape index (κ2) is 5.29. The Morgan fingerprint density at radius 1 is 1.20 bits per heavy atom. The Labute approximate surface area is 92.4 Å². The van der Waals surface area contributed by atoms with Gasteiger partial charge in [0.1, 0.15) is 0 Å². The Morgan fingerprint density at radius 2 is 1.80 bits per heavy atom. The molecule has 1 rings (SSSR count). The monoisotopic (exact) mass is 207 g/mol. The first-order chi connectivity index (χ1) is 7.10. The standard InChI is InChI=1S/C13H21NO/c1-13(2,10-15-3)12-6-4-11(5-7-12)8-9-14/h4-7H,8-10,14H2,1-3H3. The highest BCUT2D eigenvalue weighted by molar-refractivity contribution is 5.28. The zero-order valence-corrected chi connectivity index (χ0v) is 9.92. The van der Waals surface area contributed by atoms with Crippen LogP contribution in [0.5, 0.6) is 0 Å². The van der Waals surface area contributed by atoms with E-state index < -0.39 is 0 Å². The lowest BCUT2D eigenvalue weighted by molar-refractivity contribution is 0.146. The zero-order valence-electron chi connectivity index (χ0n) is 9.92. The fourth-order valence-electron chi connectivity index (χ4n) is 1.73. The molecule has 0 saturated carbocycles. The summed E-state index contributed by atoms with van der Waals surface area (Å²) in [5, 5.41) is 0. The van der Waals surface area contributed by atoms with Crippen molar-refractivity contribution in [3.05, 3.63) is 35.4 Å². The molecule has 0 aliphatic rings. The van der Waals surface area contributed by atoms with Gasteiger partial charge in [0, 0.05) is 12.5 Å². The minimum atomic E-state index is 0.0794. The number of ether oxygens (including phenoxy) is 1. The van der Waals surface area contributed by atoms with Gasteiger partial charge in [0.2, 0.25) is 0 Å². The van der Waals surface area contributed by atoms with E-state index in [0.29, 0.717) is 6.54 Å². The van der Waals surface area contributed by atoms with Crippen molar-refractivity contribution in [2.45, 2.75) is 25.7 Å². The van der Waals surface area contributed by atoms with Crippen molar-refractivity contribution in [3.8, 4) is 0 Å². The van der Waals surface area contributed by atoms with Crippen molar-refractivity contribution < 1.29 is 4.74 Å². The van der Waals surface area contributed by atoms with Gasteiger partial charge in [-0.1, -0.05) is 38.1 Å². The van der Waals surface area contributed by atoms with E-state index in [4.69, 9.17) is 10.5 Å². The molecule has 0 fully saturated rings. The van der Waals surface area contributed by atoms with Gasteiger partial charge in [0.15, 0.2) is 0 Å². The van der Waals surface area contributed by atoms with Crippen molar-refractivity contribution in [3.63, 3.8) is 0 Å². The Bertz CT molecular complexity index is 290. The van der Waals surface area contributed by atoms with E-state index in [0.717, 1.165) is 13.0 Å². The molecule has 15 heavy (non-hydrogen) atoms. The third-order valence-electron chi connectivity index (χ3n) is 2.67. The first-order valence-electron chi connectivity index (χ1n) is 5.38. The number of rotatable bonds is 5. The summed E-state index contributed by atoms with van der Waals surface area (Å²) in [6, 6.07) is 8.65. The van der Waals surface area contributed by atoms with E-state index in [1.807, 2.05) is 0 Å². The van der Waals surface area contributed by atoms with Crippen LogP contribution in [-0.2, 0) is 16.6 Å². The summed E-state index contributed by atoms with van der Waals surface area (Å²) in [7, 11) is 1.74. The molecule has 1 aromatic rings. The largest absolute Gasteiger partial charge is 0.384 e. The maximum atomic E-state index is 5.51. The molecule has 0 radical (unpaired) electrons. The number of hydrogen-bond donors (Lipinski definition) is 1. The van der Waals surface area contributed by atoms with Gasteiger partial charge < -0.3 is 10.5 Å². The second-order valence-electron chi connectivity index (χ2n) is 4.55. The minimum Gasteiger partial charge on any atom is -0.384 e. The van der Waals surface area contributed by atoms with E-state index in [9.17, 15) is 0 Å². The number of hydrogen-bond acceptors (Lipinski definition) is 2. The van der Waals surface area contributed by atoms with Crippen molar-refractivity contribution in [2.75, 3.05) is 20.3 Å². The van der Waals surface area contributed by atoms with Crippen molar-refractivity contribution in [2.24, 2.45) is 5.73 Å². The maximum absolute atomic E-state index is 5.51. The quantitative estimate of drug-likeness (QED) is 0.802. The molecule has 2 heteroatoms. The van der Waals surface area contributed by atoms with Crippen LogP contribution in [0.1, 0.15) is 25.0 Å². The second-order valence-corrected chi connectivity index (χ2v) is 4.55. The summed E-state index contributed by atoms with van der Waals surface area (Å²) < 4.78 is 5.22. The first-order valence-corrected chi connectivity index (χ1v) is 5.38. The molecule has 0 aliphatic carbocycles. The van der Waals surface area contributed by atoms with Crippen LogP contribution in [0.25, 0.3) is 0 Å². The number of nitrogens with two attached hydrogens (primary N) is 1. The highest BCUT2D eigenvalue weighted by Crippen LogP contribution is 2.23. The predicted octanol–water partition coefficient (Wildman–Crippen LogP) is 2.11. The molecule has 0 amide bonds. The molecule has 0 aromatic heterocycles. The van der Waals surface area contributed by atoms with Crippen LogP contribution < -0.4 is 5.73 Å². The highest BCUT2D eigenvalue weighted by atomic mass is 16.5. The van der Waals surface area contributed by atoms with Gasteiger partial charge >= 0.3 is 0 Å². The van der Waals surface area contributed by atoms with Gasteiger partial charge in [0.25, 0.3) is 0 Å². The van der Waals surface area contributed by atoms with Crippen LogP contribution in [0.2, 0.25) is 0 Å². The first kappa shape index (κ1) is 12.2. The van der Waals surface area contributed by atoms with Gasteiger partial charge in [-0.15, -0.1) is 0 Å². The summed E-state index contributed by atoms with van der Waals surface area (Å²) in [6.07, 6.45) is 0.949. The molecule has 0 spiro atoms. The van der Waals surface area contributed by atoms with Gasteiger partial charge in [-0.2, -0.15) is 0 Å². The lowest BCUT2D eigenvalue weighted by Crippen LogP contribution is -2.23. The van der Waals surface area contributed by atoms with E-state index in [1.54, 1.807) is 7.11 Å². The fourth-order valence-corrected chi connectivity index (χ4v) is 1.73. The molecule has 2 N–H and O–H groups in total. The third kappa shape index (κ3) is 3.33. The smallest absolute Gasteiger partial charge is 0.0553 e. The topological polar surface area (TPSA) is 35.2 Å². The Balaban J connectivity index is 2.78. The molecule has 0 unspecified atom stereocenters. The van der Waals surface area contributed by atoms with Gasteiger partial charge in [0.05, 0.1) is 6.61 Å². The maximum Gasteiger partial charge on any atom is 0.0553 e. The molecule has 84 valence electrons. The van der Waals surface area contributed by atoms with E-state index in [2.05, 4.69) is 38.1 Å². The van der Waals surface area contributed by atoms with E-state index >= 15 is 0 Å². The summed E-state index contributed by atoms with van der Waals surface area (Å²) in [5.41, 5.74) is 8.20. The van der Waals surface area contributed by atoms with Crippen molar-refractivity contribution in [1.82, 2.24) is 0 Å². The molecular weight excluding hydrogens is 186 g/mol. The SMILES string of the molecule is COCC(C)(C)c1ccc(CCN)cc1. The van der Waals surface area contributed by atoms with Gasteiger partial charge in [-0.05, 0) is 24.1 Å². The Morgan fingerprint density at radius 3 is 2.27 bits per heavy atom. The molecule has 0 heterocycles. The van der Waals surface area contributed by atoms with Crippen molar-refractivity contribution in [1.29, 1.82) is 0 Å². The molecule has 2 nitrogen and oxygen atoms in total. The number of methoxy groups -OCH3 is 1. The average Bonchev–Trinajstić information content (AvgIpc) is 2.19. The predicted molar refractivity (Wildman–Crippen MR) is 64.1 cm³/mol. The van der Waals surface area contributed by atoms with Crippen LogP contribution in [-0.4, -0.2) is 20.3 Å². The Kier molecular flexibility index (Phi) is 4.30. The Hall–Kier alpha value is -0.860. The van der Waals surface area contributed by atoms with Crippen LogP contribution in [0, 0.1) is 0 Å². The van der Waals surface area contributed by atoms with Crippen LogP contribution in [0.4, 0.5) is 0 Å². The molecule has 0 aliphatic heterocycles. The van der Waals surface area contributed by atoms with Gasteiger partial charge in [-0.25, -0.2) is 0 Å².